The molecule has 0 radical (unpaired) electrons. The van der Waals surface area contributed by atoms with Gasteiger partial charge in [-0.25, -0.2) is 4.68 Å². The highest BCUT2D eigenvalue weighted by atomic mass is 16.1. The maximum Gasteiger partial charge on any atom is 0.269 e. The first-order valence-corrected chi connectivity index (χ1v) is 6.56. The lowest BCUT2D eigenvalue weighted by Crippen LogP contribution is -2.26. The zero-order valence-electron chi connectivity index (χ0n) is 11.8. The molecule has 2 N–H and O–H groups in total. The van der Waals surface area contributed by atoms with Crippen molar-refractivity contribution >= 4 is 5.69 Å². The van der Waals surface area contributed by atoms with Crippen molar-refractivity contribution in [1.29, 1.82) is 0 Å². The van der Waals surface area contributed by atoms with E-state index in [0.717, 1.165) is 23.5 Å². The molecule has 0 aliphatic heterocycles. The van der Waals surface area contributed by atoms with E-state index in [1.807, 2.05) is 31.0 Å². The highest BCUT2D eigenvalue weighted by Gasteiger charge is 2.04. The number of pyridine rings is 1. The van der Waals surface area contributed by atoms with Crippen LogP contribution in [0.2, 0.25) is 0 Å². The van der Waals surface area contributed by atoms with Gasteiger partial charge < -0.3 is 10.6 Å². The first-order chi connectivity index (χ1) is 9.63. The number of nitrogens with two attached hydrogens (primary N) is 1. The first-order valence-electron chi connectivity index (χ1n) is 6.56. The second-order valence-electron chi connectivity index (χ2n) is 4.58. The Bertz CT molecular complexity index is 637. The monoisotopic (exact) mass is 273 g/mol. The molecular weight excluding hydrogens is 254 g/mol. The summed E-state index contributed by atoms with van der Waals surface area (Å²) in [5.41, 5.74) is 8.03. The van der Waals surface area contributed by atoms with Gasteiger partial charge in [0.05, 0.1) is 24.1 Å². The Kier molecular flexibility index (Phi) is 4.47. The number of hydrogen-bond donors (Lipinski definition) is 1. The topological polar surface area (TPSA) is 77.0 Å². The number of anilines is 1. The molecule has 0 fully saturated rings. The summed E-state index contributed by atoms with van der Waals surface area (Å²) < 4.78 is 1.43. The first kappa shape index (κ1) is 14.2. The van der Waals surface area contributed by atoms with E-state index in [0.29, 0.717) is 13.1 Å². The predicted molar refractivity (Wildman–Crippen MR) is 78.7 cm³/mol. The number of aromatic nitrogens is 3. The lowest BCUT2D eigenvalue weighted by molar-refractivity contribution is 0.636. The van der Waals surface area contributed by atoms with Gasteiger partial charge in [0, 0.05) is 32.4 Å². The highest BCUT2D eigenvalue weighted by molar-refractivity contribution is 5.41. The van der Waals surface area contributed by atoms with Gasteiger partial charge in [0.15, 0.2) is 0 Å². The minimum absolute atomic E-state index is 0.117. The van der Waals surface area contributed by atoms with Crippen LogP contribution in [0.1, 0.15) is 18.2 Å². The zero-order valence-corrected chi connectivity index (χ0v) is 11.8. The smallest absolute Gasteiger partial charge is 0.269 e. The standard InChI is InChI=1S/C14H19N5O/c1-3-18(2)13-7-14(20)19(17-9-13)10-11-4-5-16-12(6-11)8-15/h4-7,9H,3,8,10,15H2,1-2H3. The molecule has 106 valence electrons. The molecule has 0 aliphatic rings. The SMILES string of the molecule is CCN(C)c1cnn(Cc2ccnc(CN)c2)c(=O)c1. The van der Waals surface area contributed by atoms with Crippen molar-refractivity contribution in [3.8, 4) is 0 Å². The summed E-state index contributed by atoms with van der Waals surface area (Å²) in [6.45, 7) is 3.66. The van der Waals surface area contributed by atoms with Gasteiger partial charge in [-0.05, 0) is 24.6 Å². The molecular formula is C14H19N5O. The molecule has 2 aromatic heterocycles. The Morgan fingerprint density at radius 2 is 2.20 bits per heavy atom. The lowest BCUT2D eigenvalue weighted by atomic mass is 10.2. The Hall–Kier alpha value is -2.21. The van der Waals surface area contributed by atoms with E-state index in [4.69, 9.17) is 5.73 Å². The minimum atomic E-state index is -0.117. The van der Waals surface area contributed by atoms with Crippen molar-refractivity contribution in [2.75, 3.05) is 18.5 Å². The third kappa shape index (κ3) is 3.21. The summed E-state index contributed by atoms with van der Waals surface area (Å²) in [5.74, 6) is 0. The lowest BCUT2D eigenvalue weighted by Gasteiger charge is -2.16. The number of hydrogen-bond acceptors (Lipinski definition) is 5. The molecule has 0 spiro atoms. The fourth-order valence-electron chi connectivity index (χ4n) is 1.85. The minimum Gasteiger partial charge on any atom is -0.373 e. The maximum atomic E-state index is 12.1. The van der Waals surface area contributed by atoms with Gasteiger partial charge in [-0.1, -0.05) is 0 Å². The fraction of sp³-hybridized carbons (Fsp3) is 0.357. The normalized spacial score (nSPS) is 10.6. The van der Waals surface area contributed by atoms with Gasteiger partial charge >= 0.3 is 0 Å². The summed E-state index contributed by atoms with van der Waals surface area (Å²) >= 11 is 0. The van der Waals surface area contributed by atoms with Crippen LogP contribution in [0.3, 0.4) is 0 Å². The van der Waals surface area contributed by atoms with Crippen LogP contribution in [-0.2, 0) is 13.1 Å². The zero-order chi connectivity index (χ0) is 14.5. The molecule has 20 heavy (non-hydrogen) atoms. The van der Waals surface area contributed by atoms with Crippen LogP contribution in [0.25, 0.3) is 0 Å². The van der Waals surface area contributed by atoms with E-state index < -0.39 is 0 Å². The predicted octanol–water partition coefficient (Wildman–Crippen LogP) is 0.601. The average Bonchev–Trinajstić information content (AvgIpc) is 2.48. The number of rotatable bonds is 5. The van der Waals surface area contributed by atoms with Crippen LogP contribution in [-0.4, -0.2) is 28.4 Å². The van der Waals surface area contributed by atoms with E-state index in [9.17, 15) is 4.79 Å². The van der Waals surface area contributed by atoms with Gasteiger partial charge in [-0.3, -0.25) is 9.78 Å². The Labute approximate surface area is 117 Å². The van der Waals surface area contributed by atoms with Crippen LogP contribution in [0.4, 0.5) is 5.69 Å². The molecule has 0 bridgehead atoms. The molecule has 0 saturated heterocycles. The van der Waals surface area contributed by atoms with E-state index >= 15 is 0 Å². The van der Waals surface area contributed by atoms with Crippen molar-refractivity contribution < 1.29 is 0 Å². The molecule has 0 aromatic carbocycles. The van der Waals surface area contributed by atoms with Gasteiger partial charge in [-0.2, -0.15) is 5.10 Å². The molecule has 0 saturated carbocycles. The van der Waals surface area contributed by atoms with Crippen LogP contribution < -0.4 is 16.2 Å². The average molecular weight is 273 g/mol. The van der Waals surface area contributed by atoms with Gasteiger partial charge in [-0.15, -0.1) is 0 Å². The second kappa shape index (κ2) is 6.29. The van der Waals surface area contributed by atoms with Crippen molar-refractivity contribution in [2.45, 2.75) is 20.0 Å². The summed E-state index contributed by atoms with van der Waals surface area (Å²) in [6.07, 6.45) is 3.40. The van der Waals surface area contributed by atoms with Crippen LogP contribution in [0.5, 0.6) is 0 Å². The third-order valence-electron chi connectivity index (χ3n) is 3.19. The summed E-state index contributed by atoms with van der Waals surface area (Å²) in [6, 6.07) is 5.35. The van der Waals surface area contributed by atoms with Gasteiger partial charge in [0.1, 0.15) is 0 Å². The summed E-state index contributed by atoms with van der Waals surface area (Å²) in [4.78, 5) is 18.2. The van der Waals surface area contributed by atoms with Crippen LogP contribution >= 0.6 is 0 Å². The van der Waals surface area contributed by atoms with Gasteiger partial charge in [0.25, 0.3) is 5.56 Å². The van der Waals surface area contributed by atoms with Crippen molar-refractivity contribution in [2.24, 2.45) is 5.73 Å². The maximum absolute atomic E-state index is 12.1. The molecule has 2 aromatic rings. The van der Waals surface area contributed by atoms with E-state index in [1.165, 1.54) is 4.68 Å². The molecule has 0 atom stereocenters. The van der Waals surface area contributed by atoms with Crippen LogP contribution in [0, 0.1) is 0 Å². The second-order valence-corrected chi connectivity index (χ2v) is 4.58. The fourth-order valence-corrected chi connectivity index (χ4v) is 1.85. The van der Waals surface area contributed by atoms with Crippen molar-refractivity contribution in [3.05, 3.63) is 52.2 Å². The summed E-state index contributed by atoms with van der Waals surface area (Å²) in [7, 11) is 1.93. The molecule has 6 nitrogen and oxygen atoms in total. The highest BCUT2D eigenvalue weighted by Crippen LogP contribution is 2.07. The summed E-state index contributed by atoms with van der Waals surface area (Å²) in [5, 5.41) is 4.21. The molecule has 6 heteroatoms. The quantitative estimate of drug-likeness (QED) is 0.863. The molecule has 2 rings (SSSR count). The molecule has 2 heterocycles. The molecule has 0 amide bonds. The van der Waals surface area contributed by atoms with Crippen molar-refractivity contribution in [3.63, 3.8) is 0 Å². The number of nitrogens with zero attached hydrogens (tertiary/aromatic N) is 4. The molecule has 0 unspecified atom stereocenters. The third-order valence-corrected chi connectivity index (χ3v) is 3.19. The van der Waals surface area contributed by atoms with Crippen LogP contribution in [0.15, 0.2) is 35.4 Å². The van der Waals surface area contributed by atoms with E-state index in [1.54, 1.807) is 18.5 Å². The Morgan fingerprint density at radius 1 is 1.40 bits per heavy atom. The Balaban J connectivity index is 2.23. The van der Waals surface area contributed by atoms with E-state index in [2.05, 4.69) is 10.1 Å². The van der Waals surface area contributed by atoms with Gasteiger partial charge in [0.2, 0.25) is 0 Å². The molecule has 0 aliphatic carbocycles. The van der Waals surface area contributed by atoms with E-state index in [-0.39, 0.29) is 5.56 Å². The Morgan fingerprint density at radius 3 is 2.85 bits per heavy atom. The largest absolute Gasteiger partial charge is 0.373 e. The van der Waals surface area contributed by atoms with Crippen molar-refractivity contribution in [1.82, 2.24) is 14.8 Å².